The van der Waals surface area contributed by atoms with Crippen molar-refractivity contribution in [1.29, 1.82) is 0 Å². The second kappa shape index (κ2) is 9.58. The summed E-state index contributed by atoms with van der Waals surface area (Å²) < 4.78 is 13.1. The van der Waals surface area contributed by atoms with Crippen molar-refractivity contribution in [2.24, 2.45) is 0 Å². The van der Waals surface area contributed by atoms with E-state index in [1.54, 1.807) is 25.1 Å². The van der Waals surface area contributed by atoms with Crippen molar-refractivity contribution in [2.75, 3.05) is 38.0 Å². The van der Waals surface area contributed by atoms with E-state index in [9.17, 15) is 19.3 Å². The number of nitro benzene ring substituents is 1. The van der Waals surface area contributed by atoms with Crippen LogP contribution in [-0.4, -0.2) is 53.4 Å². The molecule has 7 nitrogen and oxygen atoms in total. The van der Waals surface area contributed by atoms with E-state index in [0.29, 0.717) is 5.69 Å². The highest BCUT2D eigenvalue weighted by Crippen LogP contribution is 2.22. The number of nitrogens with zero attached hydrogens (tertiary/aromatic N) is 3. The number of hydrogen-bond donors (Lipinski definition) is 1. The lowest BCUT2D eigenvalue weighted by Crippen LogP contribution is -2.36. The third-order valence-corrected chi connectivity index (χ3v) is 5.07. The summed E-state index contributed by atoms with van der Waals surface area (Å²) in [6, 6.07) is 11.0. The van der Waals surface area contributed by atoms with Gasteiger partial charge in [-0.25, -0.2) is 4.39 Å². The van der Waals surface area contributed by atoms with E-state index in [-0.39, 0.29) is 24.0 Å². The van der Waals surface area contributed by atoms with Crippen molar-refractivity contribution in [3.63, 3.8) is 0 Å². The van der Waals surface area contributed by atoms with Gasteiger partial charge >= 0.3 is 0 Å². The fraction of sp³-hybridized carbons (Fsp3) is 0.381. The van der Waals surface area contributed by atoms with E-state index in [0.717, 1.165) is 50.3 Å². The molecule has 0 aliphatic carbocycles. The third kappa shape index (κ3) is 6.07. The number of nitrogens with one attached hydrogen (secondary N) is 1. The highest BCUT2D eigenvalue weighted by molar-refractivity contribution is 5.93. The molecule has 3 rings (SSSR count). The van der Waals surface area contributed by atoms with Crippen LogP contribution in [0.5, 0.6) is 0 Å². The molecule has 154 valence electrons. The molecule has 2 aromatic carbocycles. The number of nitro groups is 1. The van der Waals surface area contributed by atoms with Crippen LogP contribution in [0.25, 0.3) is 0 Å². The van der Waals surface area contributed by atoms with Crippen LogP contribution in [0.4, 0.5) is 15.8 Å². The number of halogens is 1. The number of anilines is 1. The second-order valence-corrected chi connectivity index (χ2v) is 7.34. The predicted octanol–water partition coefficient (Wildman–Crippen LogP) is 3.19. The molecule has 1 N–H and O–H groups in total. The first-order valence-electron chi connectivity index (χ1n) is 9.65. The maximum absolute atomic E-state index is 13.1. The maximum Gasteiger partial charge on any atom is 0.271 e. The van der Waals surface area contributed by atoms with Gasteiger partial charge in [0.25, 0.3) is 5.69 Å². The van der Waals surface area contributed by atoms with E-state index in [1.807, 2.05) is 0 Å². The lowest BCUT2D eigenvalue weighted by molar-refractivity contribution is -0.384. The summed E-state index contributed by atoms with van der Waals surface area (Å²) in [5, 5.41) is 13.7. The molecule has 2 aromatic rings. The summed E-state index contributed by atoms with van der Waals surface area (Å²) >= 11 is 0. The molecule has 0 unspecified atom stereocenters. The summed E-state index contributed by atoms with van der Waals surface area (Å²) in [4.78, 5) is 27.3. The Hall–Kier alpha value is -2.84. The van der Waals surface area contributed by atoms with Gasteiger partial charge in [0.15, 0.2) is 0 Å². The van der Waals surface area contributed by atoms with Gasteiger partial charge in [-0.15, -0.1) is 0 Å². The van der Waals surface area contributed by atoms with E-state index in [1.165, 1.54) is 24.3 Å². The number of benzene rings is 2. The largest absolute Gasteiger partial charge is 0.324 e. The lowest BCUT2D eigenvalue weighted by atomic mass is 10.2. The van der Waals surface area contributed by atoms with Gasteiger partial charge in [0.1, 0.15) is 5.82 Å². The molecule has 1 amide bonds. The average molecular weight is 400 g/mol. The summed E-state index contributed by atoms with van der Waals surface area (Å²) in [6.07, 6.45) is 0.935. The molecular formula is C21H25FN4O3. The number of rotatable bonds is 6. The molecule has 1 aliphatic heterocycles. The zero-order valence-electron chi connectivity index (χ0n) is 16.4. The monoisotopic (exact) mass is 400 g/mol. The Morgan fingerprint density at radius 1 is 1.10 bits per heavy atom. The van der Waals surface area contributed by atoms with Gasteiger partial charge in [0, 0.05) is 31.8 Å². The lowest BCUT2D eigenvalue weighted by Gasteiger charge is -2.21. The second-order valence-electron chi connectivity index (χ2n) is 7.34. The summed E-state index contributed by atoms with van der Waals surface area (Å²) in [5.41, 5.74) is 2.28. The molecule has 1 fully saturated rings. The topological polar surface area (TPSA) is 78.7 Å². The first-order valence-corrected chi connectivity index (χ1v) is 9.65. The molecule has 0 radical (unpaired) electrons. The standard InChI is InChI=1S/C21H25FN4O3/c1-16-3-8-19(26(28)29)13-20(16)23-21(27)15-25-10-2-9-24(11-12-25)14-17-4-6-18(22)7-5-17/h3-8,13H,2,9-12,14-15H2,1H3,(H,23,27). The molecular weight excluding hydrogens is 375 g/mol. The van der Waals surface area contributed by atoms with Crippen molar-refractivity contribution in [3.05, 3.63) is 69.5 Å². The minimum absolute atomic E-state index is 0.0443. The van der Waals surface area contributed by atoms with Crippen molar-refractivity contribution in [3.8, 4) is 0 Å². The predicted molar refractivity (Wildman–Crippen MR) is 109 cm³/mol. The zero-order valence-corrected chi connectivity index (χ0v) is 16.4. The van der Waals surface area contributed by atoms with Gasteiger partial charge in [0.2, 0.25) is 5.91 Å². The normalized spacial score (nSPS) is 15.7. The quantitative estimate of drug-likeness (QED) is 0.595. The number of aryl methyl sites for hydroxylation is 1. The Morgan fingerprint density at radius 3 is 2.52 bits per heavy atom. The number of carbonyl (C=O) groups is 1. The third-order valence-electron chi connectivity index (χ3n) is 5.07. The van der Waals surface area contributed by atoms with Crippen LogP contribution >= 0.6 is 0 Å². The Balaban J connectivity index is 1.52. The van der Waals surface area contributed by atoms with E-state index in [2.05, 4.69) is 15.1 Å². The van der Waals surface area contributed by atoms with Crippen LogP contribution in [0.15, 0.2) is 42.5 Å². The Morgan fingerprint density at radius 2 is 1.79 bits per heavy atom. The van der Waals surface area contributed by atoms with Crippen LogP contribution in [0.3, 0.4) is 0 Å². The van der Waals surface area contributed by atoms with Gasteiger partial charge in [-0.2, -0.15) is 0 Å². The van der Waals surface area contributed by atoms with Crippen LogP contribution in [-0.2, 0) is 11.3 Å². The van der Waals surface area contributed by atoms with Crippen molar-refractivity contribution < 1.29 is 14.1 Å². The van der Waals surface area contributed by atoms with E-state index < -0.39 is 4.92 Å². The SMILES string of the molecule is Cc1ccc([N+](=O)[O-])cc1NC(=O)CN1CCCN(Cc2ccc(F)cc2)CC1. The first-order chi connectivity index (χ1) is 13.9. The summed E-state index contributed by atoms with van der Waals surface area (Å²) in [6.45, 7) is 6.10. The molecule has 1 aliphatic rings. The van der Waals surface area contributed by atoms with Crippen molar-refractivity contribution >= 4 is 17.3 Å². The fourth-order valence-electron chi connectivity index (χ4n) is 3.44. The van der Waals surface area contributed by atoms with Gasteiger partial charge in [-0.05, 0) is 49.7 Å². The van der Waals surface area contributed by atoms with Crippen molar-refractivity contribution in [2.45, 2.75) is 19.9 Å². The molecule has 8 heteroatoms. The molecule has 1 heterocycles. The van der Waals surface area contributed by atoms with Gasteiger partial charge in [-0.1, -0.05) is 18.2 Å². The average Bonchev–Trinajstić information content (AvgIpc) is 2.90. The number of carbonyl (C=O) groups excluding carboxylic acids is 1. The summed E-state index contributed by atoms with van der Waals surface area (Å²) in [7, 11) is 0. The van der Waals surface area contributed by atoms with Gasteiger partial charge in [-0.3, -0.25) is 24.7 Å². The number of hydrogen-bond acceptors (Lipinski definition) is 5. The Kier molecular flexibility index (Phi) is 6.90. The summed E-state index contributed by atoms with van der Waals surface area (Å²) in [5.74, 6) is -0.415. The Bertz CT molecular complexity index is 873. The maximum atomic E-state index is 13.1. The van der Waals surface area contributed by atoms with Gasteiger partial charge in [0.05, 0.1) is 17.2 Å². The van der Waals surface area contributed by atoms with E-state index >= 15 is 0 Å². The molecule has 0 aromatic heterocycles. The van der Waals surface area contributed by atoms with Crippen LogP contribution in [0, 0.1) is 22.9 Å². The van der Waals surface area contributed by atoms with E-state index in [4.69, 9.17) is 0 Å². The fourth-order valence-corrected chi connectivity index (χ4v) is 3.44. The molecule has 29 heavy (non-hydrogen) atoms. The van der Waals surface area contributed by atoms with Crippen LogP contribution in [0.1, 0.15) is 17.5 Å². The first kappa shape index (κ1) is 20.9. The zero-order chi connectivity index (χ0) is 20.8. The molecule has 0 spiro atoms. The van der Waals surface area contributed by atoms with Crippen LogP contribution < -0.4 is 5.32 Å². The minimum Gasteiger partial charge on any atom is -0.324 e. The Labute approximate surface area is 169 Å². The number of amides is 1. The molecule has 0 bridgehead atoms. The van der Waals surface area contributed by atoms with Crippen molar-refractivity contribution in [1.82, 2.24) is 9.80 Å². The smallest absolute Gasteiger partial charge is 0.271 e. The highest BCUT2D eigenvalue weighted by Gasteiger charge is 2.18. The van der Waals surface area contributed by atoms with Crippen LogP contribution in [0.2, 0.25) is 0 Å². The molecule has 0 atom stereocenters. The van der Waals surface area contributed by atoms with Gasteiger partial charge < -0.3 is 5.32 Å². The molecule has 1 saturated heterocycles. The molecule has 0 saturated carbocycles. The minimum atomic E-state index is -0.473. The number of non-ortho nitro benzene ring substituents is 1. The highest BCUT2D eigenvalue weighted by atomic mass is 19.1.